The zero-order valence-corrected chi connectivity index (χ0v) is 9.50. The van der Waals surface area contributed by atoms with E-state index in [9.17, 15) is 4.79 Å². The van der Waals surface area contributed by atoms with Crippen LogP contribution in [0.4, 0.5) is 0 Å². The van der Waals surface area contributed by atoms with Crippen LogP contribution in [0.25, 0.3) is 0 Å². The fourth-order valence-electron chi connectivity index (χ4n) is 2.50. The minimum Gasteiger partial charge on any atom is -0.460 e. The molecule has 2 aromatic carbocycles. The van der Waals surface area contributed by atoms with Crippen molar-refractivity contribution in [3.05, 3.63) is 65.7 Å². The highest BCUT2D eigenvalue weighted by Crippen LogP contribution is 2.53. The molecule has 0 N–H and O–H groups in total. The second-order valence-electron chi connectivity index (χ2n) is 4.49. The first kappa shape index (κ1) is 9.85. The fourth-order valence-corrected chi connectivity index (χ4v) is 2.50. The van der Waals surface area contributed by atoms with Gasteiger partial charge in [0.2, 0.25) is 17.7 Å². The predicted octanol–water partition coefficient (Wildman–Crippen LogP) is 2.51. The first-order valence-electron chi connectivity index (χ1n) is 5.86. The molecule has 4 rings (SSSR count). The Morgan fingerprint density at radius 1 is 0.944 bits per heavy atom. The minimum atomic E-state index is -0.921. The lowest BCUT2D eigenvalue weighted by Crippen LogP contribution is -2.31. The lowest BCUT2D eigenvalue weighted by molar-refractivity contribution is 0.0863. The first-order valence-corrected chi connectivity index (χ1v) is 5.86. The Kier molecular flexibility index (Phi) is 1.76. The van der Waals surface area contributed by atoms with Crippen LogP contribution in [-0.2, 0) is 10.3 Å². The lowest BCUT2D eigenvalue weighted by Gasteiger charge is -2.19. The molecule has 2 aliphatic rings. The van der Waals surface area contributed by atoms with Crippen LogP contribution >= 0.6 is 0 Å². The Balaban J connectivity index is 1.87. The monoisotopic (exact) mass is 238 g/mol. The molecular formula is C15H10O3. The Bertz CT molecular complexity index is 635. The molecule has 2 heterocycles. The average Bonchev–Trinajstić information content (AvgIpc) is 3.16. The van der Waals surface area contributed by atoms with Gasteiger partial charge in [-0.25, -0.2) is 0 Å². The van der Waals surface area contributed by atoms with Gasteiger partial charge in [-0.3, -0.25) is 4.79 Å². The summed E-state index contributed by atoms with van der Waals surface area (Å²) >= 11 is 0. The molecule has 0 spiro atoms. The maximum Gasteiger partial charge on any atom is 0.242 e. The molecule has 0 unspecified atom stereocenters. The number of para-hydroxylation sites is 1. The SMILES string of the molecule is O=C1c2ccccc2O[C@@H]2O[C@]12c1ccccc1. The maximum atomic E-state index is 12.6. The Hall–Kier alpha value is -2.13. The first-order chi connectivity index (χ1) is 8.82. The molecule has 0 amide bonds. The summed E-state index contributed by atoms with van der Waals surface area (Å²) in [7, 11) is 0. The van der Waals surface area contributed by atoms with E-state index in [1.807, 2.05) is 42.5 Å². The van der Waals surface area contributed by atoms with E-state index in [2.05, 4.69) is 0 Å². The molecule has 3 heteroatoms. The number of ether oxygens (including phenoxy) is 2. The van der Waals surface area contributed by atoms with Gasteiger partial charge in [-0.2, -0.15) is 0 Å². The predicted molar refractivity (Wildman–Crippen MR) is 64.4 cm³/mol. The normalized spacial score (nSPS) is 28.0. The van der Waals surface area contributed by atoms with Crippen molar-refractivity contribution in [3.8, 4) is 5.75 Å². The van der Waals surface area contributed by atoms with Gasteiger partial charge in [0.05, 0.1) is 5.56 Å². The molecule has 88 valence electrons. The van der Waals surface area contributed by atoms with Crippen LogP contribution in [0.5, 0.6) is 5.75 Å². The number of ketones is 1. The van der Waals surface area contributed by atoms with Gasteiger partial charge in [0, 0.05) is 0 Å². The van der Waals surface area contributed by atoms with Gasteiger partial charge in [-0.1, -0.05) is 42.5 Å². The summed E-state index contributed by atoms with van der Waals surface area (Å²) in [6.45, 7) is 0. The minimum absolute atomic E-state index is 0.0134. The van der Waals surface area contributed by atoms with Crippen LogP contribution < -0.4 is 4.74 Å². The van der Waals surface area contributed by atoms with Crippen LogP contribution in [0.2, 0.25) is 0 Å². The number of fused-ring (bicyclic) bond motifs is 2. The molecule has 0 saturated carbocycles. The van der Waals surface area contributed by atoms with E-state index in [-0.39, 0.29) is 5.78 Å². The molecule has 18 heavy (non-hydrogen) atoms. The number of hydrogen-bond acceptors (Lipinski definition) is 3. The summed E-state index contributed by atoms with van der Waals surface area (Å²) in [4.78, 5) is 12.6. The Morgan fingerprint density at radius 2 is 1.67 bits per heavy atom. The summed E-state index contributed by atoms with van der Waals surface area (Å²) in [5.41, 5.74) is 0.528. The molecule has 0 aliphatic carbocycles. The maximum absolute atomic E-state index is 12.6. The molecule has 0 aromatic heterocycles. The molecule has 3 nitrogen and oxygen atoms in total. The van der Waals surface area contributed by atoms with Crippen molar-refractivity contribution >= 4 is 5.78 Å². The second-order valence-corrected chi connectivity index (χ2v) is 4.49. The van der Waals surface area contributed by atoms with Crippen LogP contribution in [0.15, 0.2) is 54.6 Å². The fraction of sp³-hybridized carbons (Fsp3) is 0.133. The number of rotatable bonds is 1. The summed E-state index contributed by atoms with van der Waals surface area (Å²) in [5, 5.41) is 0. The molecule has 0 bridgehead atoms. The number of epoxide rings is 1. The Morgan fingerprint density at radius 3 is 2.50 bits per heavy atom. The molecule has 2 aliphatic heterocycles. The summed E-state index contributed by atoms with van der Waals surface area (Å²) < 4.78 is 11.3. The van der Waals surface area contributed by atoms with E-state index in [0.29, 0.717) is 11.3 Å². The third kappa shape index (κ3) is 1.09. The van der Waals surface area contributed by atoms with Crippen LogP contribution in [0, 0.1) is 0 Å². The van der Waals surface area contributed by atoms with Crippen molar-refractivity contribution in [1.29, 1.82) is 0 Å². The number of Topliss-reactive ketones (excluding diaryl/α,β-unsaturated/α-hetero) is 1. The molecular weight excluding hydrogens is 228 g/mol. The third-order valence-electron chi connectivity index (χ3n) is 3.47. The Labute approximate surface area is 104 Å². The van der Waals surface area contributed by atoms with Gasteiger partial charge < -0.3 is 9.47 Å². The van der Waals surface area contributed by atoms with Crippen LogP contribution in [0.3, 0.4) is 0 Å². The smallest absolute Gasteiger partial charge is 0.242 e. The quantitative estimate of drug-likeness (QED) is 0.716. The van der Waals surface area contributed by atoms with Gasteiger partial charge in [0.15, 0.2) is 0 Å². The average molecular weight is 238 g/mol. The van der Waals surface area contributed by atoms with Crippen molar-refractivity contribution in [2.24, 2.45) is 0 Å². The molecule has 0 radical (unpaired) electrons. The molecule has 1 saturated heterocycles. The van der Waals surface area contributed by atoms with Crippen molar-refractivity contribution in [2.75, 3.05) is 0 Å². The van der Waals surface area contributed by atoms with E-state index in [1.54, 1.807) is 12.1 Å². The van der Waals surface area contributed by atoms with Crippen LogP contribution in [0.1, 0.15) is 15.9 Å². The van der Waals surface area contributed by atoms with Crippen molar-refractivity contribution in [2.45, 2.75) is 11.9 Å². The zero-order chi connectivity index (χ0) is 12.2. The highest BCUT2D eigenvalue weighted by Gasteiger charge is 2.68. The van der Waals surface area contributed by atoms with Crippen LogP contribution in [-0.4, -0.2) is 12.1 Å². The van der Waals surface area contributed by atoms with E-state index in [4.69, 9.17) is 9.47 Å². The van der Waals surface area contributed by atoms with E-state index in [0.717, 1.165) is 5.56 Å². The highest BCUT2D eigenvalue weighted by molar-refractivity contribution is 6.08. The number of hydrogen-bond donors (Lipinski definition) is 0. The molecule has 2 aromatic rings. The highest BCUT2D eigenvalue weighted by atomic mass is 16.8. The number of carbonyl (C=O) groups excluding carboxylic acids is 1. The largest absolute Gasteiger partial charge is 0.460 e. The third-order valence-corrected chi connectivity index (χ3v) is 3.47. The van der Waals surface area contributed by atoms with Crippen molar-refractivity contribution < 1.29 is 14.3 Å². The standard InChI is InChI=1S/C15H10O3/c16-13-11-8-4-5-9-12(11)17-14-15(13,18-14)10-6-2-1-3-7-10/h1-9,14H/t14-,15-/m1/s1. The van der Waals surface area contributed by atoms with Crippen molar-refractivity contribution in [3.63, 3.8) is 0 Å². The number of carbonyl (C=O) groups is 1. The molecule has 2 atom stereocenters. The number of benzene rings is 2. The van der Waals surface area contributed by atoms with Gasteiger partial charge in [-0.05, 0) is 17.7 Å². The topological polar surface area (TPSA) is 38.8 Å². The lowest BCUT2D eigenvalue weighted by atomic mass is 9.88. The van der Waals surface area contributed by atoms with E-state index >= 15 is 0 Å². The summed E-state index contributed by atoms with van der Waals surface area (Å²) in [5.74, 6) is 0.595. The van der Waals surface area contributed by atoms with Gasteiger partial charge in [-0.15, -0.1) is 0 Å². The summed E-state index contributed by atoms with van der Waals surface area (Å²) in [6, 6.07) is 16.8. The van der Waals surface area contributed by atoms with E-state index in [1.165, 1.54) is 0 Å². The summed E-state index contributed by atoms with van der Waals surface area (Å²) in [6.07, 6.45) is -0.484. The van der Waals surface area contributed by atoms with Crippen molar-refractivity contribution in [1.82, 2.24) is 0 Å². The van der Waals surface area contributed by atoms with Gasteiger partial charge >= 0.3 is 0 Å². The zero-order valence-electron chi connectivity index (χ0n) is 9.50. The second kappa shape index (κ2) is 3.21. The van der Waals surface area contributed by atoms with E-state index < -0.39 is 11.9 Å². The molecule has 1 fully saturated rings. The van der Waals surface area contributed by atoms with Gasteiger partial charge in [0.1, 0.15) is 5.75 Å². The van der Waals surface area contributed by atoms with Gasteiger partial charge in [0.25, 0.3) is 0 Å².